The molecule has 0 bridgehead atoms. The van der Waals surface area contributed by atoms with Gasteiger partial charge in [-0.1, -0.05) is 0 Å². The van der Waals surface area contributed by atoms with E-state index in [1.807, 2.05) is 6.26 Å². The first-order chi connectivity index (χ1) is 8.26. The van der Waals surface area contributed by atoms with Crippen LogP contribution in [-0.4, -0.2) is 46.0 Å². The zero-order valence-electron chi connectivity index (χ0n) is 9.35. The van der Waals surface area contributed by atoms with Gasteiger partial charge in [-0.3, -0.25) is 9.89 Å². The van der Waals surface area contributed by atoms with Crippen LogP contribution in [0.3, 0.4) is 0 Å². The Hall–Kier alpha value is -1.83. The summed E-state index contributed by atoms with van der Waals surface area (Å²) < 4.78 is 4.55. The van der Waals surface area contributed by atoms with Gasteiger partial charge in [0, 0.05) is 0 Å². The van der Waals surface area contributed by atoms with Crippen LogP contribution in [0.4, 0.5) is 5.82 Å². The van der Waals surface area contributed by atoms with E-state index in [1.165, 1.54) is 25.2 Å². The number of aromatic amines is 1. The van der Waals surface area contributed by atoms with E-state index in [1.54, 1.807) is 0 Å². The molecule has 7 nitrogen and oxygen atoms in total. The van der Waals surface area contributed by atoms with Crippen molar-refractivity contribution < 1.29 is 9.53 Å². The first kappa shape index (κ1) is 11.6. The lowest BCUT2D eigenvalue weighted by atomic mass is 10.4. The third-order valence-corrected chi connectivity index (χ3v) is 2.83. The van der Waals surface area contributed by atoms with Crippen molar-refractivity contribution in [2.24, 2.45) is 0 Å². The number of hydrogen-bond acceptors (Lipinski definition) is 7. The van der Waals surface area contributed by atoms with Gasteiger partial charge >= 0.3 is 5.97 Å². The number of H-pyrrole nitrogens is 1. The van der Waals surface area contributed by atoms with Gasteiger partial charge in [-0.25, -0.2) is 9.97 Å². The van der Waals surface area contributed by atoms with Gasteiger partial charge in [0.2, 0.25) is 0 Å². The largest absolute Gasteiger partial charge is 0.468 e. The molecule has 17 heavy (non-hydrogen) atoms. The van der Waals surface area contributed by atoms with Gasteiger partial charge in [0.25, 0.3) is 0 Å². The fraction of sp³-hybridized carbons (Fsp3) is 0.333. The first-order valence-corrected chi connectivity index (χ1v) is 6.02. The predicted octanol–water partition coefficient (Wildman–Crippen LogP) is 0.660. The average Bonchev–Trinajstić information content (AvgIpc) is 2.79. The molecule has 8 heteroatoms. The fourth-order valence-corrected chi connectivity index (χ4v) is 1.88. The molecule has 0 atom stereocenters. The zero-order chi connectivity index (χ0) is 12.3. The predicted molar refractivity (Wildman–Crippen MR) is 64.0 cm³/mol. The molecule has 0 aliphatic carbocycles. The summed E-state index contributed by atoms with van der Waals surface area (Å²) in [7, 11) is 1.34. The maximum absolute atomic E-state index is 11.1. The van der Waals surface area contributed by atoms with E-state index in [-0.39, 0.29) is 12.5 Å². The van der Waals surface area contributed by atoms with Crippen molar-refractivity contribution >= 4 is 34.6 Å². The molecule has 0 radical (unpaired) electrons. The van der Waals surface area contributed by atoms with Crippen LogP contribution < -0.4 is 5.32 Å². The number of carbonyl (C=O) groups excluding carboxylic acids is 1. The maximum Gasteiger partial charge on any atom is 0.325 e. The Labute approximate surface area is 101 Å². The number of nitrogens with one attached hydrogen (secondary N) is 2. The van der Waals surface area contributed by atoms with Crippen molar-refractivity contribution in [2.45, 2.75) is 5.03 Å². The van der Waals surface area contributed by atoms with Gasteiger partial charge < -0.3 is 10.1 Å². The van der Waals surface area contributed by atoms with Crippen molar-refractivity contribution in [1.29, 1.82) is 0 Å². The van der Waals surface area contributed by atoms with Crippen molar-refractivity contribution in [1.82, 2.24) is 20.2 Å². The van der Waals surface area contributed by atoms with Crippen LogP contribution in [0.2, 0.25) is 0 Å². The number of anilines is 1. The number of methoxy groups -OCH3 is 1. The number of esters is 1. The molecule has 0 amide bonds. The van der Waals surface area contributed by atoms with Crippen LogP contribution in [-0.2, 0) is 9.53 Å². The van der Waals surface area contributed by atoms with Gasteiger partial charge in [0.05, 0.1) is 12.5 Å². The molecular formula is C9H11N5O2S. The minimum atomic E-state index is -0.356. The summed E-state index contributed by atoms with van der Waals surface area (Å²) in [4.78, 5) is 19.2. The fourth-order valence-electron chi connectivity index (χ4n) is 1.34. The Morgan fingerprint density at radius 1 is 1.59 bits per heavy atom. The molecule has 90 valence electrons. The summed E-state index contributed by atoms with van der Waals surface area (Å²) in [6, 6.07) is 0. The van der Waals surface area contributed by atoms with Crippen LogP contribution in [0.1, 0.15) is 0 Å². The number of ether oxygens (including phenoxy) is 1. The second-order valence-corrected chi connectivity index (χ2v) is 3.90. The molecule has 2 aromatic rings. The van der Waals surface area contributed by atoms with E-state index in [9.17, 15) is 4.79 Å². The Balaban J connectivity index is 2.32. The summed E-state index contributed by atoms with van der Waals surface area (Å²) in [6.45, 7) is 0.0572. The van der Waals surface area contributed by atoms with Gasteiger partial charge in [-0.15, -0.1) is 11.8 Å². The number of thioether (sulfide) groups is 1. The summed E-state index contributed by atoms with van der Waals surface area (Å²) in [5, 5.41) is 11.4. The summed E-state index contributed by atoms with van der Waals surface area (Å²) in [5.74, 6) is 0.212. The van der Waals surface area contributed by atoms with Crippen LogP contribution >= 0.6 is 11.8 Å². The lowest BCUT2D eigenvalue weighted by Gasteiger charge is -2.04. The topological polar surface area (TPSA) is 92.8 Å². The number of fused-ring (bicyclic) bond motifs is 1. The number of nitrogens with zero attached hydrogens (tertiary/aromatic N) is 3. The third-order valence-electron chi connectivity index (χ3n) is 2.15. The van der Waals surface area contributed by atoms with E-state index in [2.05, 4.69) is 30.2 Å². The summed E-state index contributed by atoms with van der Waals surface area (Å²) in [5.41, 5.74) is 0.636. The van der Waals surface area contributed by atoms with Crippen molar-refractivity contribution in [3.63, 3.8) is 0 Å². The molecule has 2 N–H and O–H groups in total. The highest BCUT2D eigenvalue weighted by molar-refractivity contribution is 7.98. The van der Waals surface area contributed by atoms with E-state index >= 15 is 0 Å². The Kier molecular flexibility index (Phi) is 3.43. The molecule has 0 unspecified atom stereocenters. The van der Waals surface area contributed by atoms with Crippen molar-refractivity contribution in [3.05, 3.63) is 6.33 Å². The highest BCUT2D eigenvalue weighted by Gasteiger charge is 2.12. The number of rotatable bonds is 4. The smallest absolute Gasteiger partial charge is 0.325 e. The van der Waals surface area contributed by atoms with Gasteiger partial charge in [0.15, 0.2) is 5.65 Å². The van der Waals surface area contributed by atoms with E-state index in [0.717, 1.165) is 10.4 Å². The van der Waals surface area contributed by atoms with E-state index in [0.29, 0.717) is 11.5 Å². The van der Waals surface area contributed by atoms with Gasteiger partial charge in [-0.05, 0) is 6.26 Å². The Morgan fingerprint density at radius 2 is 2.41 bits per heavy atom. The Morgan fingerprint density at radius 3 is 3.12 bits per heavy atom. The zero-order valence-corrected chi connectivity index (χ0v) is 10.2. The monoisotopic (exact) mass is 253 g/mol. The van der Waals surface area contributed by atoms with E-state index < -0.39 is 0 Å². The van der Waals surface area contributed by atoms with Crippen molar-refractivity contribution in [2.75, 3.05) is 25.2 Å². The number of carbonyl (C=O) groups is 1. The van der Waals surface area contributed by atoms with Crippen molar-refractivity contribution in [3.8, 4) is 0 Å². The Bertz CT molecular complexity index is 541. The molecule has 2 heterocycles. The molecule has 0 saturated carbocycles. The molecular weight excluding hydrogens is 242 g/mol. The molecule has 0 fully saturated rings. The second-order valence-electron chi connectivity index (χ2n) is 3.11. The number of hydrogen-bond donors (Lipinski definition) is 2. The molecule has 0 aromatic carbocycles. The van der Waals surface area contributed by atoms with E-state index in [4.69, 9.17) is 0 Å². The molecule has 0 saturated heterocycles. The summed E-state index contributed by atoms with van der Waals surface area (Å²) in [6.07, 6.45) is 3.32. The standard InChI is InChI=1S/C9H11N5O2S/c1-16-5(15)3-10-7-6-8(12-4-11-7)13-14-9(6)17-2/h4H,3H2,1-2H3,(H2,10,11,12,13,14). The molecule has 0 aliphatic rings. The molecule has 2 aromatic heterocycles. The second kappa shape index (κ2) is 5.00. The van der Waals surface area contributed by atoms with Gasteiger partial charge in [-0.2, -0.15) is 5.10 Å². The normalized spacial score (nSPS) is 10.5. The first-order valence-electron chi connectivity index (χ1n) is 4.80. The van der Waals surface area contributed by atoms with Crippen LogP contribution in [0, 0.1) is 0 Å². The average molecular weight is 253 g/mol. The van der Waals surface area contributed by atoms with Crippen LogP contribution in [0.15, 0.2) is 11.4 Å². The number of aromatic nitrogens is 4. The quantitative estimate of drug-likeness (QED) is 0.610. The van der Waals surface area contributed by atoms with Gasteiger partial charge in [0.1, 0.15) is 23.7 Å². The van der Waals surface area contributed by atoms with Crippen LogP contribution in [0.5, 0.6) is 0 Å². The minimum Gasteiger partial charge on any atom is -0.468 e. The molecule has 0 aliphatic heterocycles. The maximum atomic E-state index is 11.1. The highest BCUT2D eigenvalue weighted by atomic mass is 32.2. The lowest BCUT2D eigenvalue weighted by molar-refractivity contribution is -0.138. The molecule has 0 spiro atoms. The molecule has 2 rings (SSSR count). The lowest BCUT2D eigenvalue weighted by Crippen LogP contribution is -2.15. The highest BCUT2D eigenvalue weighted by Crippen LogP contribution is 2.27. The summed E-state index contributed by atoms with van der Waals surface area (Å²) >= 11 is 1.48. The third kappa shape index (κ3) is 2.31. The minimum absolute atomic E-state index is 0.0572. The van der Waals surface area contributed by atoms with Crippen LogP contribution in [0.25, 0.3) is 11.0 Å². The SMILES string of the molecule is COC(=O)CNc1ncnc2[nH]nc(SC)c12.